The Labute approximate surface area is 133 Å². The van der Waals surface area contributed by atoms with Gasteiger partial charge >= 0.3 is 0 Å². The number of nitrogens with one attached hydrogen (secondary N) is 1. The van der Waals surface area contributed by atoms with Gasteiger partial charge in [0.2, 0.25) is 0 Å². The molecule has 1 aromatic heterocycles. The number of halogens is 3. The maximum absolute atomic E-state index is 14.2. The first-order valence-corrected chi connectivity index (χ1v) is 7.62. The first-order chi connectivity index (χ1) is 9.77. The van der Waals surface area contributed by atoms with Gasteiger partial charge in [-0.15, -0.1) is 12.4 Å². The molecule has 1 aliphatic rings. The quantitative estimate of drug-likeness (QED) is 0.927. The highest BCUT2D eigenvalue weighted by Crippen LogP contribution is 2.33. The molecule has 0 saturated carbocycles. The Morgan fingerprint density at radius 3 is 2.33 bits per heavy atom. The third-order valence-electron chi connectivity index (χ3n) is 3.65. The van der Waals surface area contributed by atoms with Crippen LogP contribution in [0.2, 0.25) is 0 Å². The van der Waals surface area contributed by atoms with E-state index in [9.17, 15) is 8.78 Å². The highest BCUT2D eigenvalue weighted by atomic mass is 35.5. The van der Waals surface area contributed by atoms with Crippen molar-refractivity contribution in [2.75, 3.05) is 26.2 Å². The summed E-state index contributed by atoms with van der Waals surface area (Å²) in [5.74, 6) is -0.945. The van der Waals surface area contributed by atoms with Gasteiger partial charge in [0.05, 0.1) is 6.04 Å². The molecule has 21 heavy (non-hydrogen) atoms. The predicted octanol–water partition coefficient (Wildman–Crippen LogP) is 3.44. The number of hydrogen-bond donors (Lipinski definition) is 1. The van der Waals surface area contributed by atoms with E-state index >= 15 is 0 Å². The highest BCUT2D eigenvalue weighted by molar-refractivity contribution is 7.08. The number of hydrogen-bond acceptors (Lipinski definition) is 3. The van der Waals surface area contributed by atoms with Crippen LogP contribution in [0.1, 0.15) is 17.2 Å². The Balaban J connectivity index is 0.00000161. The first-order valence-electron chi connectivity index (χ1n) is 6.68. The Hall–Kier alpha value is -1.01. The van der Waals surface area contributed by atoms with Gasteiger partial charge in [0, 0.05) is 31.7 Å². The van der Waals surface area contributed by atoms with Crippen LogP contribution in [0, 0.1) is 11.6 Å². The number of thiophene rings is 1. The minimum absolute atomic E-state index is 0. The van der Waals surface area contributed by atoms with Crippen LogP contribution < -0.4 is 5.32 Å². The van der Waals surface area contributed by atoms with Gasteiger partial charge in [0.1, 0.15) is 11.6 Å². The van der Waals surface area contributed by atoms with E-state index in [1.807, 2.05) is 16.8 Å². The van der Waals surface area contributed by atoms with Gasteiger partial charge in [0.15, 0.2) is 0 Å². The van der Waals surface area contributed by atoms with Crippen molar-refractivity contribution >= 4 is 23.7 Å². The van der Waals surface area contributed by atoms with E-state index in [1.165, 1.54) is 18.2 Å². The molecule has 0 spiro atoms. The zero-order chi connectivity index (χ0) is 13.9. The molecule has 1 atom stereocenters. The molecule has 114 valence electrons. The van der Waals surface area contributed by atoms with Gasteiger partial charge < -0.3 is 5.32 Å². The fraction of sp³-hybridized carbons (Fsp3) is 0.333. The average Bonchev–Trinajstić information content (AvgIpc) is 2.98. The van der Waals surface area contributed by atoms with Crippen molar-refractivity contribution in [3.8, 4) is 0 Å². The van der Waals surface area contributed by atoms with Crippen LogP contribution in [-0.4, -0.2) is 31.1 Å². The van der Waals surface area contributed by atoms with Crippen LogP contribution >= 0.6 is 23.7 Å². The summed E-state index contributed by atoms with van der Waals surface area (Å²) in [6.45, 7) is 3.26. The molecule has 1 N–H and O–H groups in total. The average molecular weight is 331 g/mol. The van der Waals surface area contributed by atoms with Gasteiger partial charge in [-0.1, -0.05) is 6.07 Å². The molecular weight excluding hydrogens is 314 g/mol. The maximum atomic E-state index is 14.2. The van der Waals surface area contributed by atoms with E-state index in [0.717, 1.165) is 31.7 Å². The van der Waals surface area contributed by atoms with Crippen molar-refractivity contribution in [3.63, 3.8) is 0 Å². The second-order valence-electron chi connectivity index (χ2n) is 4.88. The molecular formula is C15H17ClF2N2S. The summed E-state index contributed by atoms with van der Waals surface area (Å²) in [4.78, 5) is 2.14. The fourth-order valence-electron chi connectivity index (χ4n) is 2.70. The van der Waals surface area contributed by atoms with Crippen molar-refractivity contribution in [2.45, 2.75) is 6.04 Å². The summed E-state index contributed by atoms with van der Waals surface area (Å²) in [6, 6.07) is 5.68. The zero-order valence-corrected chi connectivity index (χ0v) is 13.0. The van der Waals surface area contributed by atoms with Gasteiger partial charge in [-0.3, -0.25) is 4.90 Å². The lowest BCUT2D eigenvalue weighted by Crippen LogP contribution is -2.45. The molecule has 1 saturated heterocycles. The molecule has 2 nitrogen and oxygen atoms in total. The lowest BCUT2D eigenvalue weighted by Gasteiger charge is -2.35. The molecule has 3 rings (SSSR count). The van der Waals surface area contributed by atoms with E-state index in [4.69, 9.17) is 0 Å². The van der Waals surface area contributed by atoms with Crippen molar-refractivity contribution in [2.24, 2.45) is 0 Å². The molecule has 2 heterocycles. The Morgan fingerprint density at radius 1 is 1.10 bits per heavy atom. The summed E-state index contributed by atoms with van der Waals surface area (Å²) in [7, 11) is 0. The largest absolute Gasteiger partial charge is 0.314 e. The smallest absolute Gasteiger partial charge is 0.131 e. The van der Waals surface area contributed by atoms with Crippen molar-refractivity contribution in [1.29, 1.82) is 0 Å². The normalized spacial score (nSPS) is 17.2. The maximum Gasteiger partial charge on any atom is 0.131 e. The van der Waals surface area contributed by atoms with Crippen LogP contribution in [0.15, 0.2) is 35.0 Å². The van der Waals surface area contributed by atoms with Crippen LogP contribution in [0.4, 0.5) is 8.78 Å². The molecule has 2 aromatic rings. The summed E-state index contributed by atoms with van der Waals surface area (Å²) >= 11 is 1.55. The molecule has 0 bridgehead atoms. The highest BCUT2D eigenvalue weighted by Gasteiger charge is 2.28. The molecule has 0 unspecified atom stereocenters. The summed E-state index contributed by atoms with van der Waals surface area (Å²) in [5, 5.41) is 7.19. The van der Waals surface area contributed by atoms with Crippen molar-refractivity contribution in [3.05, 3.63) is 57.8 Å². The molecule has 6 heteroatoms. The van der Waals surface area contributed by atoms with Crippen molar-refractivity contribution < 1.29 is 8.78 Å². The van der Waals surface area contributed by atoms with Gasteiger partial charge in [-0.05, 0) is 34.5 Å². The number of rotatable bonds is 3. The predicted molar refractivity (Wildman–Crippen MR) is 84.2 cm³/mol. The Morgan fingerprint density at radius 2 is 1.76 bits per heavy atom. The monoisotopic (exact) mass is 330 g/mol. The summed E-state index contributed by atoms with van der Waals surface area (Å²) < 4.78 is 28.3. The van der Waals surface area contributed by atoms with Crippen LogP contribution in [0.25, 0.3) is 0 Å². The third-order valence-corrected chi connectivity index (χ3v) is 4.35. The number of nitrogens with zero attached hydrogens (tertiary/aromatic N) is 1. The minimum Gasteiger partial charge on any atom is -0.314 e. The summed E-state index contributed by atoms with van der Waals surface area (Å²) in [6.07, 6.45) is 0. The molecule has 1 aromatic carbocycles. The number of benzene rings is 1. The molecule has 1 aliphatic heterocycles. The Bertz CT molecular complexity index is 551. The minimum atomic E-state index is -0.472. The van der Waals surface area contributed by atoms with E-state index in [2.05, 4.69) is 10.2 Å². The SMILES string of the molecule is Cl.Fc1cccc(F)c1[C@@H](c1ccsc1)N1CCNCC1. The van der Waals surface area contributed by atoms with E-state index < -0.39 is 11.6 Å². The second-order valence-corrected chi connectivity index (χ2v) is 5.66. The van der Waals surface area contributed by atoms with E-state index in [1.54, 1.807) is 11.3 Å². The lowest BCUT2D eigenvalue weighted by molar-refractivity contribution is 0.192. The third kappa shape index (κ3) is 3.43. The Kier molecular flexibility index (Phi) is 5.70. The topological polar surface area (TPSA) is 15.3 Å². The van der Waals surface area contributed by atoms with E-state index in [0.29, 0.717) is 0 Å². The van der Waals surface area contributed by atoms with Crippen LogP contribution in [-0.2, 0) is 0 Å². The molecule has 0 radical (unpaired) electrons. The summed E-state index contributed by atoms with van der Waals surface area (Å²) in [5.41, 5.74) is 1.12. The van der Waals surface area contributed by atoms with Gasteiger partial charge in [0.25, 0.3) is 0 Å². The van der Waals surface area contributed by atoms with E-state index in [-0.39, 0.29) is 24.0 Å². The van der Waals surface area contributed by atoms with Crippen molar-refractivity contribution in [1.82, 2.24) is 10.2 Å². The number of piperazine rings is 1. The lowest BCUT2D eigenvalue weighted by atomic mass is 9.97. The van der Waals surface area contributed by atoms with Crippen LogP contribution in [0.3, 0.4) is 0 Å². The van der Waals surface area contributed by atoms with Gasteiger partial charge in [-0.25, -0.2) is 8.78 Å². The fourth-order valence-corrected chi connectivity index (χ4v) is 3.38. The first kappa shape index (κ1) is 16.4. The standard InChI is InChI=1S/C15H16F2N2S.ClH/c16-12-2-1-3-13(17)14(12)15(11-4-9-20-10-11)19-7-5-18-6-8-19;/h1-4,9-10,15,18H,5-8H2;1H/t15-;/m1./s1. The second kappa shape index (κ2) is 7.31. The molecule has 1 fully saturated rings. The molecule has 0 amide bonds. The van der Waals surface area contributed by atoms with Gasteiger partial charge in [-0.2, -0.15) is 11.3 Å². The molecule has 0 aliphatic carbocycles. The van der Waals surface area contributed by atoms with Crippen LogP contribution in [0.5, 0.6) is 0 Å². The zero-order valence-electron chi connectivity index (χ0n) is 11.4.